The maximum Gasteiger partial charge on any atom is 0.234 e. The minimum Gasteiger partial charge on any atom is -0.345 e. The van der Waals surface area contributed by atoms with E-state index in [1.165, 1.54) is 0 Å². The number of halogens is 1. The highest BCUT2D eigenvalue weighted by atomic mass is 35.5. The van der Waals surface area contributed by atoms with Gasteiger partial charge in [-0.2, -0.15) is 0 Å². The summed E-state index contributed by atoms with van der Waals surface area (Å²) < 4.78 is 23.0. The van der Waals surface area contributed by atoms with Crippen molar-refractivity contribution in [3.05, 3.63) is 34.9 Å². The molecule has 1 aliphatic heterocycles. The molecule has 1 aromatic carbocycles. The molecule has 0 bridgehead atoms. The fraction of sp³-hybridized carbons (Fsp3) is 0.588. The van der Waals surface area contributed by atoms with Crippen LogP contribution in [-0.2, 0) is 20.2 Å². The molecule has 1 aromatic rings. The van der Waals surface area contributed by atoms with Gasteiger partial charge in [0.25, 0.3) is 0 Å². The number of rotatable bonds is 4. The van der Waals surface area contributed by atoms with E-state index in [0.29, 0.717) is 18.1 Å². The van der Waals surface area contributed by atoms with Gasteiger partial charge < -0.3 is 5.32 Å². The van der Waals surface area contributed by atoms with E-state index in [9.17, 15) is 13.2 Å². The van der Waals surface area contributed by atoms with Gasteiger partial charge >= 0.3 is 0 Å². The van der Waals surface area contributed by atoms with Gasteiger partial charge in [0.15, 0.2) is 9.84 Å². The minimum atomic E-state index is -2.92. The monoisotopic (exact) mass is 370 g/mol. The second-order valence-corrected chi connectivity index (χ2v) is 9.52. The summed E-state index contributed by atoms with van der Waals surface area (Å²) in [5.41, 5.74) is 0.714. The van der Waals surface area contributed by atoms with Crippen molar-refractivity contribution in [2.45, 2.75) is 31.2 Å². The van der Waals surface area contributed by atoms with E-state index in [0.717, 1.165) is 31.2 Å². The van der Waals surface area contributed by atoms with E-state index in [-0.39, 0.29) is 29.5 Å². The molecule has 0 atom stereocenters. The summed E-state index contributed by atoms with van der Waals surface area (Å²) in [6.07, 6.45) is 3.98. The van der Waals surface area contributed by atoms with Crippen LogP contribution >= 0.6 is 11.6 Å². The number of hydrogen-bond donors (Lipinski definition) is 1. The Bertz CT molecular complexity index is 700. The van der Waals surface area contributed by atoms with Gasteiger partial charge in [0.1, 0.15) is 0 Å². The van der Waals surface area contributed by atoms with Crippen molar-refractivity contribution in [3.63, 3.8) is 0 Å². The molecule has 24 heavy (non-hydrogen) atoms. The smallest absolute Gasteiger partial charge is 0.234 e. The van der Waals surface area contributed by atoms with Crippen molar-refractivity contribution in [3.8, 4) is 0 Å². The number of carbonyl (C=O) groups is 1. The molecule has 132 valence electrons. The Morgan fingerprint density at radius 2 is 1.88 bits per heavy atom. The Morgan fingerprint density at radius 3 is 2.50 bits per heavy atom. The van der Waals surface area contributed by atoms with Gasteiger partial charge in [-0.15, -0.1) is 0 Å². The summed E-state index contributed by atoms with van der Waals surface area (Å²) in [5.74, 6) is 0.232. The van der Waals surface area contributed by atoms with Gasteiger partial charge in [-0.1, -0.05) is 36.6 Å². The largest absolute Gasteiger partial charge is 0.345 e. The Kier molecular flexibility index (Phi) is 5.18. The zero-order valence-electron chi connectivity index (χ0n) is 13.6. The number of sulfone groups is 1. The summed E-state index contributed by atoms with van der Waals surface area (Å²) in [6, 6.07) is 7.70. The maximum absolute atomic E-state index is 12.6. The van der Waals surface area contributed by atoms with Crippen LogP contribution < -0.4 is 5.32 Å². The molecule has 1 heterocycles. The van der Waals surface area contributed by atoms with Gasteiger partial charge in [-0.25, -0.2) is 8.42 Å². The van der Waals surface area contributed by atoms with Crippen LogP contribution in [0.15, 0.2) is 24.3 Å². The van der Waals surface area contributed by atoms with E-state index in [2.05, 4.69) is 5.32 Å². The van der Waals surface area contributed by atoms with Gasteiger partial charge in [-0.3, -0.25) is 9.69 Å². The molecule has 0 aromatic heterocycles. The lowest BCUT2D eigenvalue weighted by molar-refractivity contribution is -0.124. The zero-order valence-corrected chi connectivity index (χ0v) is 15.2. The summed E-state index contributed by atoms with van der Waals surface area (Å²) in [6.45, 7) is 1.11. The highest BCUT2D eigenvalue weighted by molar-refractivity contribution is 7.91. The van der Waals surface area contributed by atoms with Crippen molar-refractivity contribution in [2.24, 2.45) is 0 Å². The molecule has 7 heteroatoms. The van der Waals surface area contributed by atoms with Crippen molar-refractivity contribution in [1.82, 2.24) is 10.2 Å². The van der Waals surface area contributed by atoms with E-state index < -0.39 is 9.84 Å². The van der Waals surface area contributed by atoms with Gasteiger partial charge in [0, 0.05) is 18.1 Å². The van der Waals surface area contributed by atoms with Crippen LogP contribution in [0.25, 0.3) is 0 Å². The number of nitrogens with zero attached hydrogens (tertiary/aromatic N) is 1. The van der Waals surface area contributed by atoms with Crippen LogP contribution in [0.4, 0.5) is 0 Å². The van der Waals surface area contributed by atoms with Gasteiger partial charge in [0.2, 0.25) is 5.91 Å². The van der Waals surface area contributed by atoms with E-state index >= 15 is 0 Å². The highest BCUT2D eigenvalue weighted by Crippen LogP contribution is 2.39. The average molecular weight is 371 g/mol. The number of benzene rings is 1. The molecule has 1 amide bonds. The van der Waals surface area contributed by atoms with Crippen LogP contribution in [-0.4, -0.2) is 50.4 Å². The molecule has 0 spiro atoms. The average Bonchev–Trinajstić information content (AvgIpc) is 2.99. The molecular weight excluding hydrogens is 348 g/mol. The number of carbonyl (C=O) groups excluding carboxylic acids is 1. The first-order chi connectivity index (χ1) is 11.4. The Balaban J connectivity index is 1.67. The number of amides is 1. The van der Waals surface area contributed by atoms with Crippen molar-refractivity contribution >= 4 is 27.3 Å². The van der Waals surface area contributed by atoms with E-state index in [1.54, 1.807) is 0 Å². The minimum absolute atomic E-state index is 0.0452. The molecular formula is C17H23ClN2O3S. The standard InChI is InChI=1S/C17H23ClN2O3S/c18-15-5-3-4-14(12-15)17(6-1-2-7-17)19-16(21)13-20-8-10-24(22,23)11-9-20/h3-5,12H,1-2,6-11,13H2,(H,19,21). The molecule has 0 radical (unpaired) electrons. The first-order valence-corrected chi connectivity index (χ1v) is 10.6. The molecule has 1 saturated carbocycles. The first kappa shape index (κ1) is 17.7. The van der Waals surface area contributed by atoms with Crippen LogP contribution in [0.2, 0.25) is 5.02 Å². The maximum atomic E-state index is 12.6. The molecule has 2 fully saturated rings. The predicted octanol–water partition coefficient (Wildman–Crippen LogP) is 1.96. The van der Waals surface area contributed by atoms with Crippen LogP contribution in [0, 0.1) is 0 Å². The Morgan fingerprint density at radius 1 is 1.21 bits per heavy atom. The topological polar surface area (TPSA) is 66.5 Å². The van der Waals surface area contributed by atoms with Crippen LogP contribution in [0.1, 0.15) is 31.2 Å². The third-order valence-corrected chi connectivity index (χ3v) is 6.86. The Hall–Kier alpha value is -1.11. The normalized spacial score (nSPS) is 23.0. The Labute approximate surface area is 148 Å². The lowest BCUT2D eigenvalue weighted by Gasteiger charge is -2.33. The SMILES string of the molecule is O=C(CN1CCS(=O)(=O)CC1)NC1(c2cccc(Cl)c2)CCCC1. The number of nitrogens with one attached hydrogen (secondary N) is 1. The predicted molar refractivity (Wildman–Crippen MR) is 94.8 cm³/mol. The van der Waals surface area contributed by atoms with Crippen molar-refractivity contribution < 1.29 is 13.2 Å². The molecule has 5 nitrogen and oxygen atoms in total. The third kappa shape index (κ3) is 4.10. The number of hydrogen-bond acceptors (Lipinski definition) is 4. The third-order valence-electron chi connectivity index (χ3n) is 5.02. The quantitative estimate of drug-likeness (QED) is 0.879. The lowest BCUT2D eigenvalue weighted by Crippen LogP contribution is -2.50. The summed E-state index contributed by atoms with van der Waals surface area (Å²) in [4.78, 5) is 14.5. The van der Waals surface area contributed by atoms with Crippen LogP contribution in [0.3, 0.4) is 0 Å². The van der Waals surface area contributed by atoms with Gasteiger partial charge in [0.05, 0.1) is 23.6 Å². The summed E-state index contributed by atoms with van der Waals surface area (Å²) >= 11 is 6.13. The van der Waals surface area contributed by atoms with Crippen molar-refractivity contribution in [1.29, 1.82) is 0 Å². The molecule has 1 aliphatic carbocycles. The molecule has 1 N–H and O–H groups in total. The summed E-state index contributed by atoms with van der Waals surface area (Å²) in [5, 5.41) is 3.89. The van der Waals surface area contributed by atoms with E-state index in [4.69, 9.17) is 11.6 Å². The fourth-order valence-electron chi connectivity index (χ4n) is 3.67. The second kappa shape index (κ2) is 7.02. The summed E-state index contributed by atoms with van der Waals surface area (Å²) in [7, 11) is -2.92. The van der Waals surface area contributed by atoms with Crippen molar-refractivity contribution in [2.75, 3.05) is 31.1 Å². The molecule has 2 aliphatic rings. The van der Waals surface area contributed by atoms with Crippen LogP contribution in [0.5, 0.6) is 0 Å². The van der Waals surface area contributed by atoms with E-state index in [1.807, 2.05) is 29.2 Å². The second-order valence-electron chi connectivity index (χ2n) is 6.78. The zero-order chi connectivity index (χ0) is 17.2. The molecule has 0 unspecified atom stereocenters. The first-order valence-electron chi connectivity index (χ1n) is 8.38. The molecule has 3 rings (SSSR count). The van der Waals surface area contributed by atoms with Gasteiger partial charge in [-0.05, 0) is 30.5 Å². The highest BCUT2D eigenvalue weighted by Gasteiger charge is 2.37. The molecule has 1 saturated heterocycles. The lowest BCUT2D eigenvalue weighted by atomic mass is 9.88. The fourth-order valence-corrected chi connectivity index (χ4v) is 5.14.